The number of pyridine rings is 1. The van der Waals surface area contributed by atoms with Gasteiger partial charge in [-0.2, -0.15) is 0 Å². The van der Waals surface area contributed by atoms with Crippen molar-refractivity contribution in [3.8, 4) is 0 Å². The second-order valence-corrected chi connectivity index (χ2v) is 5.53. The van der Waals surface area contributed by atoms with E-state index >= 15 is 0 Å². The van der Waals surface area contributed by atoms with Crippen molar-refractivity contribution in [2.75, 3.05) is 17.6 Å². The zero-order chi connectivity index (χ0) is 14.4. The first-order chi connectivity index (χ1) is 9.69. The Balaban J connectivity index is 1.85. The second kappa shape index (κ2) is 7.31. The molecule has 10 heteroatoms. The molecule has 8 nitrogen and oxygen atoms in total. The van der Waals surface area contributed by atoms with Crippen molar-refractivity contribution in [3.05, 3.63) is 22.8 Å². The Morgan fingerprint density at radius 2 is 2.35 bits per heavy atom. The molecule has 0 radical (unpaired) electrons. The summed E-state index contributed by atoms with van der Waals surface area (Å²) in [5.74, 6) is 0.523. The molecular weight excluding hydrogens is 346 g/mol. The molecule has 20 heavy (non-hydrogen) atoms. The van der Waals surface area contributed by atoms with E-state index in [0.717, 1.165) is 4.47 Å². The fourth-order valence-corrected chi connectivity index (χ4v) is 2.26. The van der Waals surface area contributed by atoms with Crippen molar-refractivity contribution in [2.45, 2.75) is 11.7 Å². The van der Waals surface area contributed by atoms with Crippen molar-refractivity contribution in [2.24, 2.45) is 5.73 Å². The largest absolute Gasteiger partial charge is 0.329 e. The highest BCUT2D eigenvalue weighted by Crippen LogP contribution is 2.14. The van der Waals surface area contributed by atoms with E-state index in [1.54, 1.807) is 23.0 Å². The Morgan fingerprint density at radius 1 is 1.50 bits per heavy atom. The number of anilines is 1. The maximum atomic E-state index is 11.8. The van der Waals surface area contributed by atoms with Gasteiger partial charge in [0.15, 0.2) is 0 Å². The Morgan fingerprint density at radius 3 is 3.05 bits per heavy atom. The highest BCUT2D eigenvalue weighted by atomic mass is 79.9. The van der Waals surface area contributed by atoms with Gasteiger partial charge in [0, 0.05) is 17.2 Å². The number of tetrazole rings is 1. The van der Waals surface area contributed by atoms with Crippen molar-refractivity contribution >= 4 is 39.4 Å². The average molecular weight is 358 g/mol. The van der Waals surface area contributed by atoms with Crippen LogP contribution in [0.15, 0.2) is 28.0 Å². The van der Waals surface area contributed by atoms with Gasteiger partial charge < -0.3 is 11.1 Å². The van der Waals surface area contributed by atoms with Gasteiger partial charge in [-0.05, 0) is 38.5 Å². The molecule has 0 spiro atoms. The van der Waals surface area contributed by atoms with Crippen molar-refractivity contribution in [3.63, 3.8) is 0 Å². The molecule has 1 amide bonds. The Kier molecular flexibility index (Phi) is 5.44. The lowest BCUT2D eigenvalue weighted by molar-refractivity contribution is -0.113. The van der Waals surface area contributed by atoms with Gasteiger partial charge in [0.25, 0.3) is 0 Å². The second-order valence-electron chi connectivity index (χ2n) is 3.67. The average Bonchev–Trinajstić information content (AvgIpc) is 2.87. The minimum Gasteiger partial charge on any atom is -0.329 e. The lowest BCUT2D eigenvalue weighted by Gasteiger charge is -2.04. The van der Waals surface area contributed by atoms with Gasteiger partial charge >= 0.3 is 0 Å². The quantitative estimate of drug-likeness (QED) is 0.724. The normalized spacial score (nSPS) is 10.5. The Labute approximate surface area is 127 Å². The summed E-state index contributed by atoms with van der Waals surface area (Å²) in [6, 6.07) is 3.52. The van der Waals surface area contributed by atoms with Crippen LogP contribution in [0.2, 0.25) is 0 Å². The van der Waals surface area contributed by atoms with Crippen molar-refractivity contribution < 1.29 is 4.79 Å². The third kappa shape index (κ3) is 4.25. The maximum Gasteiger partial charge on any atom is 0.236 e. The maximum absolute atomic E-state index is 11.8. The number of hydrogen-bond donors (Lipinski definition) is 2. The summed E-state index contributed by atoms with van der Waals surface area (Å²) in [6.45, 7) is 0.957. The molecule has 0 atom stereocenters. The molecule has 0 aliphatic heterocycles. The number of aromatic nitrogens is 5. The van der Waals surface area contributed by atoms with Gasteiger partial charge in [-0.25, -0.2) is 9.67 Å². The summed E-state index contributed by atoms with van der Waals surface area (Å²) >= 11 is 4.52. The van der Waals surface area contributed by atoms with E-state index in [2.05, 4.69) is 41.8 Å². The Hall–Kier alpha value is -1.52. The Bertz CT molecular complexity index is 573. The zero-order valence-corrected chi connectivity index (χ0v) is 12.8. The number of rotatable bonds is 6. The van der Waals surface area contributed by atoms with E-state index in [9.17, 15) is 4.79 Å². The van der Waals surface area contributed by atoms with Crippen molar-refractivity contribution in [1.82, 2.24) is 25.2 Å². The number of nitrogens with one attached hydrogen (secondary N) is 1. The molecule has 0 bridgehead atoms. The highest BCUT2D eigenvalue weighted by Gasteiger charge is 2.10. The number of hydrogen-bond acceptors (Lipinski definition) is 7. The molecule has 0 aliphatic rings. The number of nitrogens with zero attached hydrogens (tertiary/aromatic N) is 5. The molecule has 2 aromatic rings. The molecule has 2 rings (SSSR count). The van der Waals surface area contributed by atoms with Crippen LogP contribution >= 0.6 is 27.7 Å². The third-order valence-corrected chi connectivity index (χ3v) is 3.59. The van der Waals surface area contributed by atoms with Crippen LogP contribution in [-0.2, 0) is 11.3 Å². The van der Waals surface area contributed by atoms with Crippen LogP contribution in [0.1, 0.15) is 0 Å². The number of carbonyl (C=O) groups excluding carboxylic acids is 1. The third-order valence-electron chi connectivity index (χ3n) is 2.17. The predicted octanol–water partition coefficient (Wildman–Crippen LogP) is 0.520. The number of halogens is 1. The van der Waals surface area contributed by atoms with Crippen LogP contribution in [0, 0.1) is 0 Å². The first-order valence-electron chi connectivity index (χ1n) is 5.69. The van der Waals surface area contributed by atoms with Crippen molar-refractivity contribution in [1.29, 1.82) is 0 Å². The van der Waals surface area contributed by atoms with E-state index in [0.29, 0.717) is 24.1 Å². The topological polar surface area (TPSA) is 112 Å². The number of thioether (sulfide) groups is 1. The smallest absolute Gasteiger partial charge is 0.236 e. The molecule has 0 unspecified atom stereocenters. The summed E-state index contributed by atoms with van der Waals surface area (Å²) < 4.78 is 2.42. The van der Waals surface area contributed by atoms with Crippen LogP contribution in [0.3, 0.4) is 0 Å². The number of carbonyl (C=O) groups is 1. The zero-order valence-electron chi connectivity index (χ0n) is 10.4. The molecule has 0 saturated heterocycles. The minimum atomic E-state index is -0.174. The van der Waals surface area contributed by atoms with E-state index in [1.807, 2.05) is 0 Å². The van der Waals surface area contributed by atoms with Crippen LogP contribution in [-0.4, -0.2) is 43.4 Å². The molecule has 2 heterocycles. The van der Waals surface area contributed by atoms with E-state index in [1.165, 1.54) is 11.8 Å². The number of nitrogens with two attached hydrogens (primary N) is 1. The lowest BCUT2D eigenvalue weighted by Crippen LogP contribution is -2.16. The molecule has 3 N–H and O–H groups in total. The molecule has 0 aliphatic carbocycles. The fraction of sp³-hybridized carbons (Fsp3) is 0.300. The van der Waals surface area contributed by atoms with Gasteiger partial charge in [-0.3, -0.25) is 4.79 Å². The molecule has 106 valence electrons. The fourth-order valence-electron chi connectivity index (χ4n) is 1.32. The van der Waals surface area contributed by atoms with E-state index in [-0.39, 0.29) is 11.7 Å². The van der Waals surface area contributed by atoms with Crippen LogP contribution < -0.4 is 11.1 Å². The van der Waals surface area contributed by atoms with Gasteiger partial charge in [0.05, 0.1) is 12.3 Å². The summed E-state index contributed by atoms with van der Waals surface area (Å²) in [6.07, 6.45) is 1.62. The first kappa shape index (κ1) is 14.9. The van der Waals surface area contributed by atoms with Gasteiger partial charge in [0.1, 0.15) is 5.82 Å². The van der Waals surface area contributed by atoms with Gasteiger partial charge in [-0.1, -0.05) is 11.8 Å². The molecule has 0 fully saturated rings. The summed E-state index contributed by atoms with van der Waals surface area (Å²) in [4.78, 5) is 15.8. The van der Waals surface area contributed by atoms with Gasteiger partial charge in [0.2, 0.25) is 11.1 Å². The summed E-state index contributed by atoms with van der Waals surface area (Å²) in [7, 11) is 0. The lowest BCUT2D eigenvalue weighted by atomic mass is 10.4. The molecule has 0 aromatic carbocycles. The van der Waals surface area contributed by atoms with E-state index < -0.39 is 0 Å². The summed E-state index contributed by atoms with van der Waals surface area (Å²) in [5.41, 5.74) is 5.44. The molecule has 2 aromatic heterocycles. The molecular formula is C10H12BrN7OS. The van der Waals surface area contributed by atoms with Crippen LogP contribution in [0.25, 0.3) is 0 Å². The summed E-state index contributed by atoms with van der Waals surface area (Å²) in [5, 5.41) is 14.4. The highest BCUT2D eigenvalue weighted by molar-refractivity contribution is 9.10. The monoisotopic (exact) mass is 357 g/mol. The minimum absolute atomic E-state index is 0.174. The molecule has 0 saturated carbocycles. The van der Waals surface area contributed by atoms with Crippen LogP contribution in [0.4, 0.5) is 5.82 Å². The van der Waals surface area contributed by atoms with E-state index in [4.69, 9.17) is 5.73 Å². The standard InChI is InChI=1S/C10H12BrN7OS/c11-7-1-2-8(13-5-7)14-9(19)6-20-10-15-16-17-18(10)4-3-12/h1-2,5H,3-4,6,12H2,(H,13,14,19). The first-order valence-corrected chi connectivity index (χ1v) is 7.47. The van der Waals surface area contributed by atoms with Gasteiger partial charge in [-0.15, -0.1) is 5.10 Å². The predicted molar refractivity (Wildman–Crippen MR) is 78.2 cm³/mol. The van der Waals surface area contributed by atoms with Crippen LogP contribution in [0.5, 0.6) is 0 Å². The SMILES string of the molecule is NCCn1nnnc1SCC(=O)Nc1ccc(Br)cn1. The number of amides is 1.